The average Bonchev–Trinajstić information content (AvgIpc) is 3.21. The van der Waals surface area contributed by atoms with Crippen molar-refractivity contribution >= 4 is 35.1 Å². The molecule has 2 N–H and O–H groups in total. The van der Waals surface area contributed by atoms with Gasteiger partial charge in [-0.3, -0.25) is 19.2 Å². The number of amides is 3. The number of para-hydroxylation sites is 1. The predicted octanol–water partition coefficient (Wildman–Crippen LogP) is 2.62. The Bertz CT molecular complexity index is 1010. The molecule has 0 aromatic heterocycles. The van der Waals surface area contributed by atoms with Gasteiger partial charge >= 0.3 is 5.97 Å². The third kappa shape index (κ3) is 4.64. The zero-order chi connectivity index (χ0) is 22.7. The third-order valence-corrected chi connectivity index (χ3v) is 6.09. The van der Waals surface area contributed by atoms with E-state index in [-0.39, 0.29) is 24.1 Å². The monoisotopic (exact) mass is 435 g/mol. The molecule has 0 radical (unpaired) electrons. The quantitative estimate of drug-likeness (QED) is 0.751. The number of anilines is 2. The number of nitrogens with zero attached hydrogens (tertiary/aromatic N) is 2. The van der Waals surface area contributed by atoms with Crippen molar-refractivity contribution in [1.82, 2.24) is 4.90 Å². The zero-order valence-electron chi connectivity index (χ0n) is 17.6. The molecular weight excluding hydrogens is 410 g/mol. The number of carboxylic acid groups (broad SMARTS) is 1. The lowest BCUT2D eigenvalue weighted by Gasteiger charge is -2.30. The van der Waals surface area contributed by atoms with E-state index in [0.717, 1.165) is 5.69 Å². The Kier molecular flexibility index (Phi) is 6.20. The molecule has 2 aliphatic heterocycles. The number of carbonyl (C=O) groups excluding carboxylic acids is 3. The van der Waals surface area contributed by atoms with E-state index in [1.54, 1.807) is 34.1 Å². The highest BCUT2D eigenvalue weighted by Crippen LogP contribution is 2.26. The number of aliphatic carboxylic acids is 1. The summed E-state index contributed by atoms with van der Waals surface area (Å²) in [6, 6.07) is 15.9. The second-order valence-corrected chi connectivity index (χ2v) is 8.21. The maximum Gasteiger partial charge on any atom is 0.306 e. The van der Waals surface area contributed by atoms with Crippen LogP contribution in [0.3, 0.4) is 0 Å². The molecule has 32 heavy (non-hydrogen) atoms. The van der Waals surface area contributed by atoms with E-state index in [0.29, 0.717) is 43.7 Å². The molecule has 0 bridgehead atoms. The number of likely N-dealkylation sites (tertiary alicyclic amines) is 1. The Balaban J connectivity index is 1.33. The summed E-state index contributed by atoms with van der Waals surface area (Å²) in [6.45, 7) is 1.17. The van der Waals surface area contributed by atoms with Crippen LogP contribution in [0.25, 0.3) is 0 Å². The molecule has 3 amide bonds. The third-order valence-electron chi connectivity index (χ3n) is 6.09. The van der Waals surface area contributed by atoms with E-state index in [4.69, 9.17) is 5.11 Å². The number of nitrogens with one attached hydrogen (secondary N) is 1. The molecule has 2 aromatic carbocycles. The minimum Gasteiger partial charge on any atom is -0.481 e. The molecule has 8 nitrogen and oxygen atoms in total. The Morgan fingerprint density at radius 3 is 2.19 bits per heavy atom. The molecule has 0 unspecified atom stereocenters. The largest absolute Gasteiger partial charge is 0.481 e. The molecule has 166 valence electrons. The lowest BCUT2D eigenvalue weighted by Crippen LogP contribution is -2.40. The van der Waals surface area contributed by atoms with Gasteiger partial charge in [0.25, 0.3) is 5.91 Å². The lowest BCUT2D eigenvalue weighted by atomic mass is 9.96. The smallest absolute Gasteiger partial charge is 0.306 e. The summed E-state index contributed by atoms with van der Waals surface area (Å²) in [6.07, 6.45) is 1.06. The van der Waals surface area contributed by atoms with Crippen LogP contribution in [0.1, 0.15) is 29.6 Å². The highest BCUT2D eigenvalue weighted by molar-refractivity contribution is 6.03. The maximum atomic E-state index is 12.7. The van der Waals surface area contributed by atoms with E-state index in [9.17, 15) is 19.2 Å². The van der Waals surface area contributed by atoms with Crippen molar-refractivity contribution in [2.24, 2.45) is 11.8 Å². The summed E-state index contributed by atoms with van der Waals surface area (Å²) in [7, 11) is 0. The molecule has 4 rings (SSSR count). The molecule has 0 aliphatic carbocycles. The van der Waals surface area contributed by atoms with Gasteiger partial charge in [0.05, 0.1) is 11.8 Å². The van der Waals surface area contributed by atoms with Crippen molar-refractivity contribution in [3.8, 4) is 0 Å². The van der Waals surface area contributed by atoms with Crippen LogP contribution < -0.4 is 10.2 Å². The SMILES string of the molecule is O=C(O)C1CCN(C(=O)c2ccc(NC(=O)[C@@H]3CC(=O)N(c4ccccc4)C3)cc2)CC1. The first kappa shape index (κ1) is 21.5. The molecule has 8 heteroatoms. The van der Waals surface area contributed by atoms with Crippen LogP contribution in [0.4, 0.5) is 11.4 Å². The molecule has 2 saturated heterocycles. The van der Waals surface area contributed by atoms with Gasteiger partial charge in [-0.15, -0.1) is 0 Å². The second-order valence-electron chi connectivity index (χ2n) is 8.21. The Morgan fingerprint density at radius 2 is 1.56 bits per heavy atom. The van der Waals surface area contributed by atoms with Crippen LogP contribution in [0.2, 0.25) is 0 Å². The summed E-state index contributed by atoms with van der Waals surface area (Å²) < 4.78 is 0. The Labute approximate surface area is 185 Å². The van der Waals surface area contributed by atoms with Crippen LogP contribution in [-0.4, -0.2) is 53.3 Å². The topological polar surface area (TPSA) is 107 Å². The molecule has 2 aromatic rings. The normalized spacial score (nSPS) is 19.1. The van der Waals surface area contributed by atoms with Crippen molar-refractivity contribution < 1.29 is 24.3 Å². The number of piperidine rings is 1. The first-order valence-electron chi connectivity index (χ1n) is 10.7. The number of hydrogen-bond acceptors (Lipinski definition) is 4. The zero-order valence-corrected chi connectivity index (χ0v) is 17.6. The molecule has 0 spiro atoms. The number of rotatable bonds is 5. The fourth-order valence-electron chi connectivity index (χ4n) is 4.19. The van der Waals surface area contributed by atoms with Crippen molar-refractivity contribution in [3.63, 3.8) is 0 Å². The van der Waals surface area contributed by atoms with E-state index < -0.39 is 17.8 Å². The number of hydrogen-bond donors (Lipinski definition) is 2. The molecule has 1 atom stereocenters. The van der Waals surface area contributed by atoms with E-state index in [2.05, 4.69) is 5.32 Å². The Morgan fingerprint density at radius 1 is 0.906 bits per heavy atom. The van der Waals surface area contributed by atoms with Gasteiger partial charge in [-0.1, -0.05) is 18.2 Å². The van der Waals surface area contributed by atoms with Crippen LogP contribution >= 0.6 is 0 Å². The maximum absolute atomic E-state index is 12.7. The van der Waals surface area contributed by atoms with E-state index in [1.165, 1.54) is 0 Å². The lowest BCUT2D eigenvalue weighted by molar-refractivity contribution is -0.143. The van der Waals surface area contributed by atoms with Gasteiger partial charge in [0.1, 0.15) is 0 Å². The van der Waals surface area contributed by atoms with Gasteiger partial charge in [0.2, 0.25) is 11.8 Å². The highest BCUT2D eigenvalue weighted by atomic mass is 16.4. The first-order valence-corrected chi connectivity index (χ1v) is 10.7. The predicted molar refractivity (Wildman–Crippen MR) is 118 cm³/mol. The van der Waals surface area contributed by atoms with Gasteiger partial charge in [0.15, 0.2) is 0 Å². The minimum absolute atomic E-state index is 0.0797. The summed E-state index contributed by atoms with van der Waals surface area (Å²) in [5.74, 6) is -2.10. The molecule has 2 heterocycles. The summed E-state index contributed by atoms with van der Waals surface area (Å²) in [4.78, 5) is 52.0. The fraction of sp³-hybridized carbons (Fsp3) is 0.333. The molecular formula is C24H25N3O5. The molecule has 2 aliphatic rings. The molecule has 2 fully saturated rings. The summed E-state index contributed by atoms with van der Waals surface area (Å²) in [5.41, 5.74) is 1.83. The van der Waals surface area contributed by atoms with Gasteiger partial charge in [-0.2, -0.15) is 0 Å². The van der Waals surface area contributed by atoms with Gasteiger partial charge < -0.3 is 20.2 Å². The second kappa shape index (κ2) is 9.21. The van der Waals surface area contributed by atoms with Gasteiger partial charge in [-0.25, -0.2) is 0 Å². The van der Waals surface area contributed by atoms with Gasteiger partial charge in [-0.05, 0) is 49.2 Å². The van der Waals surface area contributed by atoms with Crippen LogP contribution in [0, 0.1) is 11.8 Å². The van der Waals surface area contributed by atoms with Crippen molar-refractivity contribution in [3.05, 3.63) is 60.2 Å². The molecule has 0 saturated carbocycles. The van der Waals surface area contributed by atoms with Crippen molar-refractivity contribution in [1.29, 1.82) is 0 Å². The van der Waals surface area contributed by atoms with Crippen molar-refractivity contribution in [2.75, 3.05) is 29.9 Å². The van der Waals surface area contributed by atoms with Crippen LogP contribution in [-0.2, 0) is 14.4 Å². The summed E-state index contributed by atoms with van der Waals surface area (Å²) >= 11 is 0. The standard InChI is InChI=1S/C24H25N3O5/c28-21-14-18(15-27(21)20-4-2-1-3-5-20)22(29)25-19-8-6-16(7-9-19)23(30)26-12-10-17(11-13-26)24(31)32/h1-9,17-18H,10-15H2,(H,25,29)(H,31,32)/t18-/m1/s1. The van der Waals surface area contributed by atoms with Crippen LogP contribution in [0.5, 0.6) is 0 Å². The fourth-order valence-corrected chi connectivity index (χ4v) is 4.19. The van der Waals surface area contributed by atoms with E-state index >= 15 is 0 Å². The Hall–Kier alpha value is -3.68. The first-order chi connectivity index (χ1) is 15.4. The average molecular weight is 435 g/mol. The van der Waals surface area contributed by atoms with Crippen molar-refractivity contribution in [2.45, 2.75) is 19.3 Å². The van der Waals surface area contributed by atoms with E-state index in [1.807, 2.05) is 30.3 Å². The number of carbonyl (C=O) groups is 4. The van der Waals surface area contributed by atoms with Gasteiger partial charge in [0, 0.05) is 43.0 Å². The highest BCUT2D eigenvalue weighted by Gasteiger charge is 2.35. The minimum atomic E-state index is -0.812. The number of benzene rings is 2. The number of carboxylic acids is 1. The summed E-state index contributed by atoms with van der Waals surface area (Å²) in [5, 5.41) is 11.9. The van der Waals surface area contributed by atoms with Crippen LogP contribution in [0.15, 0.2) is 54.6 Å².